The molecule has 9 heteroatoms. The molecule has 2 amide bonds. The van der Waals surface area contributed by atoms with Gasteiger partial charge in [-0.2, -0.15) is 0 Å². The van der Waals surface area contributed by atoms with E-state index >= 15 is 0 Å². The predicted molar refractivity (Wildman–Crippen MR) is 112 cm³/mol. The number of hydrogen-bond donors (Lipinski definition) is 2. The van der Waals surface area contributed by atoms with Crippen molar-refractivity contribution in [1.29, 1.82) is 0 Å². The summed E-state index contributed by atoms with van der Waals surface area (Å²) in [5.41, 5.74) is 1.42. The molecule has 29 heavy (non-hydrogen) atoms. The van der Waals surface area contributed by atoms with E-state index in [0.717, 1.165) is 22.0 Å². The van der Waals surface area contributed by atoms with Crippen LogP contribution in [-0.2, 0) is 11.2 Å². The van der Waals surface area contributed by atoms with Gasteiger partial charge in [-0.15, -0.1) is 22.7 Å². The lowest BCUT2D eigenvalue weighted by molar-refractivity contribution is -0.120. The SMILES string of the molecule is Cc1nc(-c2ccc(CCNC(=O)CNC(=O)c3ccc4c(c3)OCO4)s2)cs1. The minimum absolute atomic E-state index is 0.0823. The zero-order valence-corrected chi connectivity index (χ0v) is 17.3. The number of rotatable bonds is 7. The van der Waals surface area contributed by atoms with Gasteiger partial charge in [-0.05, 0) is 43.7 Å². The van der Waals surface area contributed by atoms with Crippen molar-refractivity contribution in [3.05, 3.63) is 51.2 Å². The number of hydrogen-bond acceptors (Lipinski definition) is 7. The molecule has 2 N–H and O–H groups in total. The minimum atomic E-state index is -0.333. The van der Waals surface area contributed by atoms with Crippen molar-refractivity contribution in [1.82, 2.24) is 15.6 Å². The van der Waals surface area contributed by atoms with E-state index in [0.29, 0.717) is 23.6 Å². The number of amides is 2. The van der Waals surface area contributed by atoms with Crippen LogP contribution in [0.1, 0.15) is 20.2 Å². The van der Waals surface area contributed by atoms with Crippen molar-refractivity contribution >= 4 is 34.5 Å². The largest absolute Gasteiger partial charge is 0.454 e. The van der Waals surface area contributed by atoms with Gasteiger partial charge in [0.25, 0.3) is 5.91 Å². The second-order valence-electron chi connectivity index (χ2n) is 6.37. The third-order valence-electron chi connectivity index (χ3n) is 4.27. The van der Waals surface area contributed by atoms with E-state index in [-0.39, 0.29) is 25.2 Å². The van der Waals surface area contributed by atoms with Crippen molar-refractivity contribution < 1.29 is 19.1 Å². The van der Waals surface area contributed by atoms with Crippen molar-refractivity contribution in [2.45, 2.75) is 13.3 Å². The van der Waals surface area contributed by atoms with Gasteiger partial charge in [-0.1, -0.05) is 0 Å². The Balaban J connectivity index is 1.20. The Morgan fingerprint density at radius 2 is 2.00 bits per heavy atom. The molecule has 0 aliphatic carbocycles. The van der Waals surface area contributed by atoms with Crippen molar-refractivity contribution in [3.63, 3.8) is 0 Å². The number of fused-ring (bicyclic) bond motifs is 1. The molecule has 3 aromatic rings. The maximum atomic E-state index is 12.2. The normalized spacial score (nSPS) is 12.0. The highest BCUT2D eigenvalue weighted by atomic mass is 32.1. The molecule has 0 saturated carbocycles. The fourth-order valence-corrected chi connectivity index (χ4v) is 4.47. The van der Waals surface area contributed by atoms with Gasteiger partial charge in [0.05, 0.1) is 22.1 Å². The van der Waals surface area contributed by atoms with Crippen LogP contribution in [0.15, 0.2) is 35.7 Å². The molecule has 150 valence electrons. The molecule has 1 aliphatic heterocycles. The summed E-state index contributed by atoms with van der Waals surface area (Å²) >= 11 is 3.31. The van der Waals surface area contributed by atoms with E-state index in [1.54, 1.807) is 40.9 Å². The summed E-state index contributed by atoms with van der Waals surface area (Å²) < 4.78 is 10.5. The molecule has 0 unspecified atom stereocenters. The molecule has 3 heterocycles. The molecule has 7 nitrogen and oxygen atoms in total. The number of thiophene rings is 1. The van der Waals surface area contributed by atoms with Crippen LogP contribution in [0, 0.1) is 6.92 Å². The highest BCUT2D eigenvalue weighted by molar-refractivity contribution is 7.16. The van der Waals surface area contributed by atoms with Crippen LogP contribution in [0.25, 0.3) is 10.6 Å². The number of aryl methyl sites for hydroxylation is 1. The summed E-state index contributed by atoms with van der Waals surface area (Å²) in [6.07, 6.45) is 0.732. The van der Waals surface area contributed by atoms with Gasteiger partial charge in [0.1, 0.15) is 0 Å². The molecular formula is C20H19N3O4S2. The molecule has 0 radical (unpaired) electrons. The lowest BCUT2D eigenvalue weighted by atomic mass is 10.2. The fraction of sp³-hybridized carbons (Fsp3) is 0.250. The van der Waals surface area contributed by atoms with E-state index in [4.69, 9.17) is 9.47 Å². The van der Waals surface area contributed by atoms with Gasteiger partial charge in [0.2, 0.25) is 12.7 Å². The first-order valence-corrected chi connectivity index (χ1v) is 10.7. The van der Waals surface area contributed by atoms with E-state index < -0.39 is 0 Å². The van der Waals surface area contributed by atoms with Crippen molar-refractivity contribution in [3.8, 4) is 22.1 Å². The molecule has 1 aliphatic rings. The summed E-state index contributed by atoms with van der Waals surface area (Å²) in [6, 6.07) is 9.04. The number of carbonyl (C=O) groups excluding carboxylic acids is 2. The Labute approximate surface area is 175 Å². The Hall–Kier alpha value is -2.91. The number of thiazole rings is 1. The van der Waals surface area contributed by atoms with Crippen LogP contribution in [0.3, 0.4) is 0 Å². The van der Waals surface area contributed by atoms with Crippen LogP contribution in [0.4, 0.5) is 0 Å². The zero-order chi connectivity index (χ0) is 20.2. The average molecular weight is 430 g/mol. The zero-order valence-electron chi connectivity index (χ0n) is 15.7. The first-order chi connectivity index (χ1) is 14.1. The maximum absolute atomic E-state index is 12.2. The van der Waals surface area contributed by atoms with Gasteiger partial charge < -0.3 is 20.1 Å². The Kier molecular flexibility index (Phi) is 5.77. The molecule has 2 aromatic heterocycles. The van der Waals surface area contributed by atoms with Gasteiger partial charge in [0.15, 0.2) is 11.5 Å². The van der Waals surface area contributed by atoms with Crippen LogP contribution in [-0.4, -0.2) is 36.7 Å². The van der Waals surface area contributed by atoms with Gasteiger partial charge in [-0.25, -0.2) is 4.98 Å². The Bertz CT molecular complexity index is 1040. The average Bonchev–Trinajstić information content (AvgIpc) is 3.45. The van der Waals surface area contributed by atoms with Crippen LogP contribution < -0.4 is 20.1 Å². The molecule has 4 rings (SSSR count). The number of carbonyl (C=O) groups is 2. The van der Waals surface area contributed by atoms with Crippen LogP contribution in [0.5, 0.6) is 11.5 Å². The van der Waals surface area contributed by atoms with E-state index in [1.165, 1.54) is 4.88 Å². The summed E-state index contributed by atoms with van der Waals surface area (Å²) in [5.74, 6) is 0.581. The topological polar surface area (TPSA) is 89.6 Å². The second kappa shape index (κ2) is 8.62. The van der Waals surface area contributed by atoms with Crippen LogP contribution >= 0.6 is 22.7 Å². The minimum Gasteiger partial charge on any atom is -0.454 e. The van der Waals surface area contributed by atoms with Crippen LogP contribution in [0.2, 0.25) is 0 Å². The summed E-state index contributed by atoms with van der Waals surface area (Å²) in [4.78, 5) is 31.0. The quantitative estimate of drug-likeness (QED) is 0.603. The molecule has 1 aromatic carbocycles. The molecule has 0 spiro atoms. The molecule has 0 fully saturated rings. The number of benzene rings is 1. The first kappa shape index (κ1) is 19.4. The summed E-state index contributed by atoms with van der Waals surface area (Å²) in [5, 5.41) is 8.54. The second-order valence-corrected chi connectivity index (χ2v) is 8.60. The third-order valence-corrected chi connectivity index (χ3v) is 6.21. The first-order valence-electron chi connectivity index (χ1n) is 9.04. The van der Waals surface area contributed by atoms with Crippen molar-refractivity contribution in [2.24, 2.45) is 0 Å². The molecule has 0 saturated heterocycles. The molecule has 0 bridgehead atoms. The Morgan fingerprint density at radius 3 is 2.83 bits per heavy atom. The lowest BCUT2D eigenvalue weighted by Gasteiger charge is -2.07. The van der Waals surface area contributed by atoms with E-state index in [2.05, 4.69) is 33.1 Å². The van der Waals surface area contributed by atoms with Gasteiger partial charge in [0, 0.05) is 22.4 Å². The van der Waals surface area contributed by atoms with E-state index in [1.807, 2.05) is 6.92 Å². The molecule has 0 atom stereocenters. The third kappa shape index (κ3) is 4.75. The standard InChI is InChI=1S/C20H19N3O4S2/c1-12-23-15(10-28-12)18-5-3-14(29-18)6-7-21-19(24)9-22-20(25)13-2-4-16-17(8-13)27-11-26-16/h2-5,8,10H,6-7,9,11H2,1H3,(H,21,24)(H,22,25). The maximum Gasteiger partial charge on any atom is 0.251 e. The van der Waals surface area contributed by atoms with Gasteiger partial charge in [-0.3, -0.25) is 9.59 Å². The van der Waals surface area contributed by atoms with Crippen molar-refractivity contribution in [2.75, 3.05) is 19.9 Å². The summed E-state index contributed by atoms with van der Waals surface area (Å²) in [7, 11) is 0. The smallest absolute Gasteiger partial charge is 0.251 e. The fourth-order valence-electron chi connectivity index (χ4n) is 2.81. The van der Waals surface area contributed by atoms with Gasteiger partial charge >= 0.3 is 0 Å². The number of nitrogens with one attached hydrogen (secondary N) is 2. The van der Waals surface area contributed by atoms with E-state index in [9.17, 15) is 9.59 Å². The monoisotopic (exact) mass is 429 g/mol. The predicted octanol–water partition coefficient (Wildman–Crippen LogP) is 3.00. The highest BCUT2D eigenvalue weighted by Gasteiger charge is 2.16. The number of nitrogens with zero attached hydrogens (tertiary/aromatic N) is 1. The number of ether oxygens (including phenoxy) is 2. The number of aromatic nitrogens is 1. The summed E-state index contributed by atoms with van der Waals surface area (Å²) in [6.45, 7) is 2.57. The lowest BCUT2D eigenvalue weighted by Crippen LogP contribution is -2.37. The Morgan fingerprint density at radius 1 is 1.14 bits per heavy atom. The molecular weight excluding hydrogens is 410 g/mol. The highest BCUT2D eigenvalue weighted by Crippen LogP contribution is 2.32.